The van der Waals surface area contributed by atoms with Crippen molar-refractivity contribution in [3.05, 3.63) is 29.6 Å². The van der Waals surface area contributed by atoms with Gasteiger partial charge >= 0.3 is 0 Å². The van der Waals surface area contributed by atoms with Crippen LogP contribution in [0.1, 0.15) is 44.0 Å². The maximum absolute atomic E-state index is 14.2. The van der Waals surface area contributed by atoms with Crippen LogP contribution in [0.2, 0.25) is 0 Å². The van der Waals surface area contributed by atoms with Gasteiger partial charge in [0.2, 0.25) is 5.91 Å². The third-order valence-corrected chi connectivity index (χ3v) is 4.89. The zero-order chi connectivity index (χ0) is 20.1. The molecule has 1 heterocycles. The number of ether oxygens (including phenoxy) is 1. The Balaban J connectivity index is 0.00000392. The van der Waals surface area contributed by atoms with Crippen LogP contribution in [0.15, 0.2) is 18.2 Å². The average Bonchev–Trinajstić information content (AvgIpc) is 2.61. The smallest absolute Gasteiger partial charge is 0.254 e. The largest absolute Gasteiger partial charge is 0.384 e. The Labute approximate surface area is 172 Å². The van der Waals surface area contributed by atoms with Crippen molar-refractivity contribution in [1.82, 2.24) is 10.6 Å². The molecule has 0 atom stereocenters. The molecule has 1 fully saturated rings. The van der Waals surface area contributed by atoms with Crippen LogP contribution in [-0.4, -0.2) is 45.2 Å². The molecule has 1 aromatic carbocycles. The second-order valence-electron chi connectivity index (χ2n) is 8.26. The van der Waals surface area contributed by atoms with Gasteiger partial charge in [0.25, 0.3) is 5.91 Å². The number of halogens is 2. The first-order valence-corrected chi connectivity index (χ1v) is 9.26. The van der Waals surface area contributed by atoms with Gasteiger partial charge in [-0.05, 0) is 44.1 Å². The minimum absolute atomic E-state index is 0. The van der Waals surface area contributed by atoms with Crippen molar-refractivity contribution in [2.45, 2.75) is 33.6 Å². The monoisotopic (exact) mass is 415 g/mol. The van der Waals surface area contributed by atoms with Crippen LogP contribution in [0, 0.1) is 16.6 Å². The van der Waals surface area contributed by atoms with Gasteiger partial charge in [-0.15, -0.1) is 12.4 Å². The zero-order valence-electron chi connectivity index (χ0n) is 17.0. The van der Waals surface area contributed by atoms with Crippen LogP contribution in [-0.2, 0) is 9.53 Å². The summed E-state index contributed by atoms with van der Waals surface area (Å²) in [5.41, 5.74) is -0.416. The first-order chi connectivity index (χ1) is 12.7. The highest BCUT2D eigenvalue weighted by Crippen LogP contribution is 2.28. The van der Waals surface area contributed by atoms with Crippen LogP contribution in [0.4, 0.5) is 10.1 Å². The number of hydrogen-bond donors (Lipinski definition) is 3. The van der Waals surface area contributed by atoms with E-state index in [2.05, 4.69) is 16.0 Å². The van der Waals surface area contributed by atoms with Crippen molar-refractivity contribution in [2.75, 3.05) is 38.7 Å². The zero-order valence-corrected chi connectivity index (χ0v) is 17.8. The molecule has 3 N–H and O–H groups in total. The van der Waals surface area contributed by atoms with Gasteiger partial charge in [0, 0.05) is 30.2 Å². The predicted molar refractivity (Wildman–Crippen MR) is 110 cm³/mol. The molecular weight excluding hydrogens is 385 g/mol. The number of carbonyl (C=O) groups is 2. The average molecular weight is 416 g/mol. The maximum Gasteiger partial charge on any atom is 0.254 e. The first kappa shape index (κ1) is 24.3. The first-order valence-electron chi connectivity index (χ1n) is 9.26. The van der Waals surface area contributed by atoms with Gasteiger partial charge in [0.15, 0.2) is 0 Å². The lowest BCUT2D eigenvalue weighted by Crippen LogP contribution is -2.47. The second kappa shape index (κ2) is 10.2. The molecule has 1 aliphatic heterocycles. The topological polar surface area (TPSA) is 79.5 Å². The quantitative estimate of drug-likeness (QED) is 0.667. The molecule has 0 bridgehead atoms. The van der Waals surface area contributed by atoms with Crippen LogP contribution >= 0.6 is 12.4 Å². The van der Waals surface area contributed by atoms with E-state index in [1.54, 1.807) is 27.9 Å². The Bertz CT molecular complexity index is 680. The number of nitrogens with one attached hydrogen (secondary N) is 3. The van der Waals surface area contributed by atoms with E-state index in [0.717, 1.165) is 25.9 Å². The molecule has 0 aliphatic carbocycles. The van der Waals surface area contributed by atoms with Gasteiger partial charge in [-0.25, -0.2) is 4.39 Å². The van der Waals surface area contributed by atoms with E-state index < -0.39 is 17.1 Å². The van der Waals surface area contributed by atoms with E-state index in [9.17, 15) is 14.0 Å². The Hall–Kier alpha value is -1.70. The van der Waals surface area contributed by atoms with E-state index in [-0.39, 0.29) is 29.3 Å². The van der Waals surface area contributed by atoms with Crippen molar-refractivity contribution in [3.8, 4) is 0 Å². The lowest BCUT2D eigenvalue weighted by Gasteiger charge is -2.37. The fourth-order valence-electron chi connectivity index (χ4n) is 3.09. The number of benzene rings is 1. The van der Waals surface area contributed by atoms with Gasteiger partial charge in [-0.1, -0.05) is 20.8 Å². The Kier molecular flexibility index (Phi) is 8.85. The number of piperidine rings is 1. The second-order valence-corrected chi connectivity index (χ2v) is 8.26. The summed E-state index contributed by atoms with van der Waals surface area (Å²) in [5, 5.41) is 8.87. The number of anilines is 1. The van der Waals surface area contributed by atoms with E-state index in [1.165, 1.54) is 18.2 Å². The number of amides is 2. The molecule has 0 saturated carbocycles. The van der Waals surface area contributed by atoms with E-state index in [0.29, 0.717) is 18.8 Å². The summed E-state index contributed by atoms with van der Waals surface area (Å²) < 4.78 is 19.5. The van der Waals surface area contributed by atoms with Gasteiger partial charge in [-0.3, -0.25) is 9.59 Å². The summed E-state index contributed by atoms with van der Waals surface area (Å²) in [6.45, 7) is 8.04. The maximum atomic E-state index is 14.2. The molecule has 28 heavy (non-hydrogen) atoms. The summed E-state index contributed by atoms with van der Waals surface area (Å²) in [5.74, 6) is -1.31. The summed E-state index contributed by atoms with van der Waals surface area (Å²) >= 11 is 0. The van der Waals surface area contributed by atoms with Crippen molar-refractivity contribution in [3.63, 3.8) is 0 Å². The van der Waals surface area contributed by atoms with E-state index in [1.807, 2.05) is 0 Å². The normalized spacial score (nSPS) is 16.0. The Morgan fingerprint density at radius 1 is 1.25 bits per heavy atom. The van der Waals surface area contributed by atoms with Crippen molar-refractivity contribution >= 4 is 29.9 Å². The van der Waals surface area contributed by atoms with Gasteiger partial charge < -0.3 is 20.7 Å². The fraction of sp³-hybridized carbons (Fsp3) is 0.600. The third-order valence-electron chi connectivity index (χ3n) is 4.89. The molecule has 158 valence electrons. The number of rotatable bonds is 6. The van der Waals surface area contributed by atoms with Crippen LogP contribution in [0.3, 0.4) is 0 Å². The van der Waals surface area contributed by atoms with Gasteiger partial charge in [-0.2, -0.15) is 0 Å². The Morgan fingerprint density at radius 2 is 1.89 bits per heavy atom. The molecular formula is C20H31ClFN3O3. The predicted octanol–water partition coefficient (Wildman–Crippen LogP) is 2.98. The lowest BCUT2D eigenvalue weighted by molar-refractivity contribution is -0.123. The molecule has 0 spiro atoms. The van der Waals surface area contributed by atoms with Crippen molar-refractivity contribution < 1.29 is 18.7 Å². The van der Waals surface area contributed by atoms with Crippen molar-refractivity contribution in [1.29, 1.82) is 0 Å². The minimum atomic E-state index is -0.618. The molecule has 6 nitrogen and oxygen atoms in total. The summed E-state index contributed by atoms with van der Waals surface area (Å²) in [6, 6.07) is 4.03. The van der Waals surface area contributed by atoms with Gasteiger partial charge in [0.1, 0.15) is 5.82 Å². The third kappa shape index (κ3) is 6.43. The summed E-state index contributed by atoms with van der Waals surface area (Å²) in [7, 11) is 1.65. The molecule has 8 heteroatoms. The minimum Gasteiger partial charge on any atom is -0.384 e. The van der Waals surface area contributed by atoms with Crippen molar-refractivity contribution in [2.24, 2.45) is 10.8 Å². The van der Waals surface area contributed by atoms with Gasteiger partial charge in [0.05, 0.1) is 12.2 Å². The molecule has 2 amide bonds. The number of hydrogen-bond acceptors (Lipinski definition) is 4. The fourth-order valence-corrected chi connectivity index (χ4v) is 3.09. The molecule has 0 unspecified atom stereocenters. The molecule has 1 aliphatic rings. The molecule has 0 radical (unpaired) electrons. The highest BCUT2D eigenvalue weighted by atomic mass is 35.5. The highest BCUT2D eigenvalue weighted by Gasteiger charge is 2.33. The standard InChI is InChI=1S/C20H30FN3O3.ClH/c1-19(2,3)18(26)24-14-5-6-16(21)15(11-14)17(25)23-12-20(13-27-4)7-9-22-10-8-20;/h5-6,11,22H,7-10,12-13H2,1-4H3,(H,23,25)(H,24,26);1H. The van der Waals surface area contributed by atoms with Crippen LogP contribution in [0.25, 0.3) is 0 Å². The highest BCUT2D eigenvalue weighted by molar-refractivity contribution is 5.98. The number of carbonyl (C=O) groups excluding carboxylic acids is 2. The molecule has 2 rings (SSSR count). The summed E-state index contributed by atoms with van der Waals surface area (Å²) in [6.07, 6.45) is 1.76. The van der Waals surface area contributed by atoms with Crippen LogP contribution < -0.4 is 16.0 Å². The number of methoxy groups -OCH3 is 1. The SMILES string of the molecule is COCC1(CNC(=O)c2cc(NC(=O)C(C)(C)C)ccc2F)CCNCC1.Cl. The molecule has 1 saturated heterocycles. The lowest BCUT2D eigenvalue weighted by atomic mass is 9.79. The van der Waals surface area contributed by atoms with E-state index in [4.69, 9.17) is 4.74 Å². The Morgan fingerprint density at radius 3 is 2.46 bits per heavy atom. The molecule has 1 aromatic rings. The van der Waals surface area contributed by atoms with Crippen LogP contribution in [0.5, 0.6) is 0 Å². The molecule has 0 aromatic heterocycles. The van der Waals surface area contributed by atoms with E-state index >= 15 is 0 Å². The summed E-state index contributed by atoms with van der Waals surface area (Å²) in [4.78, 5) is 24.7.